The summed E-state index contributed by atoms with van der Waals surface area (Å²) < 4.78 is 6.15. The van der Waals surface area contributed by atoms with Crippen LogP contribution in [0.3, 0.4) is 0 Å². The fraction of sp³-hybridized carbons (Fsp3) is 0.364. The smallest absolute Gasteiger partial charge is 0.254 e. The number of carbonyl (C=O) groups excluding carboxylic acids is 1. The first-order chi connectivity index (χ1) is 8.16. The molecule has 1 aromatic rings. The Kier molecular flexibility index (Phi) is 4.39. The van der Waals surface area contributed by atoms with Gasteiger partial charge in [-0.3, -0.25) is 4.79 Å². The lowest BCUT2D eigenvalue weighted by Gasteiger charge is -2.22. The van der Waals surface area contributed by atoms with E-state index in [1.807, 2.05) is 0 Å². The van der Waals surface area contributed by atoms with Gasteiger partial charge >= 0.3 is 0 Å². The second-order valence-corrected chi connectivity index (χ2v) is 4.97. The van der Waals surface area contributed by atoms with E-state index in [1.54, 1.807) is 18.2 Å². The summed E-state index contributed by atoms with van der Waals surface area (Å²) in [5.74, 6) is -0.167. The van der Waals surface area contributed by atoms with E-state index in [-0.39, 0.29) is 5.91 Å². The fourth-order valence-electron chi connectivity index (χ4n) is 1.54. The highest BCUT2D eigenvalue weighted by atomic mass is 79.9. The van der Waals surface area contributed by atoms with Crippen LogP contribution in [0.5, 0.6) is 0 Å². The molecule has 1 saturated heterocycles. The minimum atomic E-state index is -0.449. The molecule has 1 unspecified atom stereocenters. The van der Waals surface area contributed by atoms with Gasteiger partial charge in [-0.05, 0) is 34.1 Å². The van der Waals surface area contributed by atoms with E-state index in [4.69, 9.17) is 16.3 Å². The summed E-state index contributed by atoms with van der Waals surface area (Å²) in [6, 6.07) is 5.23. The van der Waals surface area contributed by atoms with Gasteiger partial charge in [0.15, 0.2) is 0 Å². The van der Waals surface area contributed by atoms with Crippen LogP contribution < -0.4 is 10.6 Å². The highest BCUT2D eigenvalue weighted by molar-refractivity contribution is 9.10. The van der Waals surface area contributed by atoms with Crippen LogP contribution in [-0.2, 0) is 9.53 Å². The number of hydrogen-bond donors (Lipinski definition) is 2. The zero-order chi connectivity index (χ0) is 12.3. The average Bonchev–Trinajstić information content (AvgIpc) is 2.35. The third-order valence-electron chi connectivity index (χ3n) is 2.41. The van der Waals surface area contributed by atoms with Crippen molar-refractivity contribution in [3.8, 4) is 0 Å². The Morgan fingerprint density at radius 2 is 2.41 bits per heavy atom. The molecule has 1 aliphatic rings. The number of ether oxygens (including phenoxy) is 1. The van der Waals surface area contributed by atoms with Crippen molar-refractivity contribution >= 4 is 39.1 Å². The SMILES string of the molecule is O=C(Nc1cc(Cl)ccc1Br)C1CNCCO1. The van der Waals surface area contributed by atoms with Crippen LogP contribution in [0.4, 0.5) is 5.69 Å². The summed E-state index contributed by atoms with van der Waals surface area (Å²) in [6.07, 6.45) is -0.449. The maximum atomic E-state index is 11.9. The monoisotopic (exact) mass is 318 g/mol. The van der Waals surface area contributed by atoms with Gasteiger partial charge in [-0.25, -0.2) is 0 Å². The average molecular weight is 320 g/mol. The molecule has 2 N–H and O–H groups in total. The molecule has 0 aromatic heterocycles. The van der Waals surface area contributed by atoms with Gasteiger partial charge in [0.2, 0.25) is 0 Å². The molecule has 17 heavy (non-hydrogen) atoms. The van der Waals surface area contributed by atoms with Crippen LogP contribution in [0, 0.1) is 0 Å². The molecule has 0 radical (unpaired) electrons. The highest BCUT2D eigenvalue weighted by Gasteiger charge is 2.22. The van der Waals surface area contributed by atoms with E-state index in [2.05, 4.69) is 26.6 Å². The number of anilines is 1. The lowest BCUT2D eigenvalue weighted by molar-refractivity contribution is -0.128. The van der Waals surface area contributed by atoms with Gasteiger partial charge in [-0.15, -0.1) is 0 Å². The van der Waals surface area contributed by atoms with Gasteiger partial charge in [0.05, 0.1) is 12.3 Å². The number of rotatable bonds is 2. The van der Waals surface area contributed by atoms with Crippen molar-refractivity contribution in [2.24, 2.45) is 0 Å². The van der Waals surface area contributed by atoms with Gasteiger partial charge in [-0.2, -0.15) is 0 Å². The summed E-state index contributed by atoms with van der Waals surface area (Å²) >= 11 is 9.22. The number of benzene rings is 1. The standard InChI is InChI=1S/C11H12BrClN2O2/c12-8-2-1-7(13)5-9(8)15-11(16)10-6-14-3-4-17-10/h1-2,5,10,14H,3-4,6H2,(H,15,16). The summed E-state index contributed by atoms with van der Waals surface area (Å²) in [5.41, 5.74) is 0.650. The zero-order valence-electron chi connectivity index (χ0n) is 9.00. The summed E-state index contributed by atoms with van der Waals surface area (Å²) in [7, 11) is 0. The minimum absolute atomic E-state index is 0.167. The Hall–Kier alpha value is -0.620. The Balaban J connectivity index is 2.04. The van der Waals surface area contributed by atoms with E-state index in [0.29, 0.717) is 23.9 Å². The van der Waals surface area contributed by atoms with Crippen molar-refractivity contribution in [2.45, 2.75) is 6.10 Å². The van der Waals surface area contributed by atoms with Crippen LogP contribution in [0.15, 0.2) is 22.7 Å². The number of halogens is 2. The fourth-order valence-corrected chi connectivity index (χ4v) is 2.06. The van der Waals surface area contributed by atoms with E-state index in [9.17, 15) is 4.79 Å². The largest absolute Gasteiger partial charge is 0.366 e. The first kappa shape index (κ1) is 12.8. The van der Waals surface area contributed by atoms with Crippen molar-refractivity contribution in [1.29, 1.82) is 0 Å². The molecule has 92 valence electrons. The van der Waals surface area contributed by atoms with Gasteiger partial charge in [0, 0.05) is 22.6 Å². The minimum Gasteiger partial charge on any atom is -0.366 e. The molecule has 1 aliphatic heterocycles. The van der Waals surface area contributed by atoms with Crippen LogP contribution in [0.25, 0.3) is 0 Å². The van der Waals surface area contributed by atoms with Crippen LogP contribution in [0.2, 0.25) is 5.02 Å². The summed E-state index contributed by atoms with van der Waals surface area (Å²) in [4.78, 5) is 11.9. The third kappa shape index (κ3) is 3.42. The topological polar surface area (TPSA) is 50.4 Å². The predicted octanol–water partition coefficient (Wildman–Crippen LogP) is 2.03. The summed E-state index contributed by atoms with van der Waals surface area (Å²) in [6.45, 7) is 1.86. The molecule has 0 spiro atoms. The quantitative estimate of drug-likeness (QED) is 0.877. The number of amides is 1. The Labute approximate surface area is 113 Å². The Morgan fingerprint density at radius 1 is 1.59 bits per heavy atom. The van der Waals surface area contributed by atoms with E-state index < -0.39 is 6.10 Å². The molecule has 6 heteroatoms. The van der Waals surface area contributed by atoms with Gasteiger partial charge in [0.25, 0.3) is 5.91 Å². The Morgan fingerprint density at radius 3 is 3.12 bits per heavy atom. The number of carbonyl (C=O) groups is 1. The van der Waals surface area contributed by atoms with E-state index in [0.717, 1.165) is 11.0 Å². The van der Waals surface area contributed by atoms with Crippen molar-refractivity contribution in [3.63, 3.8) is 0 Å². The second kappa shape index (κ2) is 5.82. The molecule has 0 saturated carbocycles. The van der Waals surface area contributed by atoms with E-state index in [1.165, 1.54) is 0 Å². The van der Waals surface area contributed by atoms with Crippen molar-refractivity contribution in [1.82, 2.24) is 5.32 Å². The number of nitrogens with one attached hydrogen (secondary N) is 2. The third-order valence-corrected chi connectivity index (χ3v) is 3.33. The second-order valence-electron chi connectivity index (χ2n) is 3.68. The molecule has 0 aliphatic carbocycles. The number of morpholine rings is 1. The molecule has 1 atom stereocenters. The van der Waals surface area contributed by atoms with Crippen LogP contribution in [-0.4, -0.2) is 31.7 Å². The molecule has 1 amide bonds. The van der Waals surface area contributed by atoms with Gasteiger partial charge < -0.3 is 15.4 Å². The molecule has 1 fully saturated rings. The van der Waals surface area contributed by atoms with E-state index >= 15 is 0 Å². The van der Waals surface area contributed by atoms with Gasteiger partial charge in [-0.1, -0.05) is 11.6 Å². The molecule has 1 aromatic carbocycles. The van der Waals surface area contributed by atoms with Crippen LogP contribution >= 0.6 is 27.5 Å². The van der Waals surface area contributed by atoms with Gasteiger partial charge in [0.1, 0.15) is 6.10 Å². The van der Waals surface area contributed by atoms with Crippen molar-refractivity contribution in [2.75, 3.05) is 25.0 Å². The molecule has 2 rings (SSSR count). The zero-order valence-corrected chi connectivity index (χ0v) is 11.3. The molecular weight excluding hydrogens is 307 g/mol. The molecule has 0 bridgehead atoms. The van der Waals surface area contributed by atoms with Crippen molar-refractivity contribution in [3.05, 3.63) is 27.7 Å². The number of hydrogen-bond acceptors (Lipinski definition) is 3. The lowest BCUT2D eigenvalue weighted by Crippen LogP contribution is -2.45. The lowest BCUT2D eigenvalue weighted by atomic mass is 10.2. The first-order valence-electron chi connectivity index (χ1n) is 5.25. The van der Waals surface area contributed by atoms with Crippen molar-refractivity contribution < 1.29 is 9.53 Å². The molecule has 4 nitrogen and oxygen atoms in total. The normalized spacial score (nSPS) is 20.0. The van der Waals surface area contributed by atoms with Crippen LogP contribution in [0.1, 0.15) is 0 Å². The predicted molar refractivity (Wildman–Crippen MR) is 70.4 cm³/mol. The summed E-state index contributed by atoms with van der Waals surface area (Å²) in [5, 5.41) is 6.46. The molecule has 1 heterocycles. The highest BCUT2D eigenvalue weighted by Crippen LogP contribution is 2.26. The Bertz CT molecular complexity index is 422. The molecular formula is C11H12BrClN2O2. The maximum absolute atomic E-state index is 11.9. The maximum Gasteiger partial charge on any atom is 0.254 e. The first-order valence-corrected chi connectivity index (χ1v) is 6.42.